The van der Waals surface area contributed by atoms with Gasteiger partial charge in [0.25, 0.3) is 0 Å². The van der Waals surface area contributed by atoms with E-state index in [1.165, 1.54) is 6.07 Å². The van der Waals surface area contributed by atoms with E-state index < -0.39 is 30.5 Å². The summed E-state index contributed by atoms with van der Waals surface area (Å²) >= 11 is 0. The molecule has 0 aliphatic carbocycles. The van der Waals surface area contributed by atoms with Crippen LogP contribution in [0.2, 0.25) is 0 Å². The van der Waals surface area contributed by atoms with Crippen molar-refractivity contribution in [3.63, 3.8) is 0 Å². The summed E-state index contributed by atoms with van der Waals surface area (Å²) in [5, 5.41) is 2.54. The summed E-state index contributed by atoms with van der Waals surface area (Å²) in [5.74, 6) is -2.35. The molecule has 2 rings (SSSR count). The lowest BCUT2D eigenvalue weighted by Crippen LogP contribution is -2.37. The molecule has 1 N–H and O–H groups in total. The number of nitrogens with one attached hydrogen (secondary N) is 1. The molecule has 8 heteroatoms. The molecule has 0 radical (unpaired) electrons. The summed E-state index contributed by atoms with van der Waals surface area (Å²) in [6, 6.07) is 6.12. The first kappa shape index (κ1) is 17.2. The fourth-order valence-corrected chi connectivity index (χ4v) is 2.48. The van der Waals surface area contributed by atoms with Crippen molar-refractivity contribution in [2.24, 2.45) is 5.92 Å². The molecule has 4 nitrogen and oxygen atoms in total. The van der Waals surface area contributed by atoms with Gasteiger partial charge in [0.2, 0.25) is 11.8 Å². The van der Waals surface area contributed by atoms with Gasteiger partial charge in [-0.1, -0.05) is 18.2 Å². The molecule has 23 heavy (non-hydrogen) atoms. The summed E-state index contributed by atoms with van der Waals surface area (Å²) in [4.78, 5) is 24.1. The SMILES string of the molecule is O=C(NCCc1ccccc1F)C1CC(=O)N(CC(F)(F)F)C1. The van der Waals surface area contributed by atoms with Gasteiger partial charge in [0.05, 0.1) is 5.92 Å². The summed E-state index contributed by atoms with van der Waals surface area (Å²) in [7, 11) is 0. The van der Waals surface area contributed by atoms with Crippen LogP contribution in [-0.2, 0) is 16.0 Å². The van der Waals surface area contributed by atoms with Crippen molar-refractivity contribution in [3.05, 3.63) is 35.6 Å². The Morgan fingerprint density at radius 2 is 2.00 bits per heavy atom. The Labute approximate surface area is 130 Å². The van der Waals surface area contributed by atoms with E-state index in [4.69, 9.17) is 0 Å². The first-order chi connectivity index (χ1) is 10.8. The second-order valence-corrected chi connectivity index (χ2v) is 5.42. The molecule has 1 atom stereocenters. The number of alkyl halides is 3. The standard InChI is InChI=1S/C15H16F4N2O2/c16-12-4-2-1-3-10(12)5-6-20-14(23)11-7-13(22)21(8-11)9-15(17,18)19/h1-4,11H,5-9H2,(H,20,23). The van der Waals surface area contributed by atoms with Gasteiger partial charge >= 0.3 is 6.18 Å². The molecule has 0 bridgehead atoms. The van der Waals surface area contributed by atoms with Gasteiger partial charge in [0.15, 0.2) is 0 Å². The van der Waals surface area contributed by atoms with E-state index in [2.05, 4.69) is 5.32 Å². The highest BCUT2D eigenvalue weighted by Crippen LogP contribution is 2.23. The summed E-state index contributed by atoms with van der Waals surface area (Å²) in [6.45, 7) is -1.43. The Bertz CT molecular complexity index is 589. The van der Waals surface area contributed by atoms with Crippen LogP contribution in [0.1, 0.15) is 12.0 Å². The number of carbonyl (C=O) groups excluding carboxylic acids is 2. The molecular weight excluding hydrogens is 316 g/mol. The first-order valence-corrected chi connectivity index (χ1v) is 7.12. The van der Waals surface area contributed by atoms with E-state index in [1.807, 2.05) is 0 Å². The second kappa shape index (κ2) is 6.97. The van der Waals surface area contributed by atoms with Crippen molar-refractivity contribution in [2.45, 2.75) is 19.0 Å². The van der Waals surface area contributed by atoms with Gasteiger partial charge in [-0.3, -0.25) is 9.59 Å². The lowest BCUT2D eigenvalue weighted by atomic mass is 10.1. The minimum absolute atomic E-state index is 0.156. The van der Waals surface area contributed by atoms with Gasteiger partial charge in [0, 0.05) is 19.5 Å². The van der Waals surface area contributed by atoms with E-state index in [-0.39, 0.29) is 31.7 Å². The third-order valence-electron chi connectivity index (χ3n) is 3.61. The first-order valence-electron chi connectivity index (χ1n) is 7.12. The van der Waals surface area contributed by atoms with Crippen molar-refractivity contribution >= 4 is 11.8 Å². The minimum Gasteiger partial charge on any atom is -0.355 e. The Morgan fingerprint density at radius 1 is 1.30 bits per heavy atom. The zero-order valence-electron chi connectivity index (χ0n) is 12.2. The van der Waals surface area contributed by atoms with Gasteiger partial charge in [-0.25, -0.2) is 4.39 Å². The quantitative estimate of drug-likeness (QED) is 0.837. The van der Waals surface area contributed by atoms with Crippen LogP contribution >= 0.6 is 0 Å². The average Bonchev–Trinajstić information content (AvgIpc) is 2.80. The molecule has 0 saturated carbocycles. The predicted molar refractivity (Wildman–Crippen MR) is 73.9 cm³/mol. The molecular formula is C15H16F4N2O2. The lowest BCUT2D eigenvalue weighted by Gasteiger charge is -2.18. The van der Waals surface area contributed by atoms with Crippen molar-refractivity contribution in [2.75, 3.05) is 19.6 Å². The van der Waals surface area contributed by atoms with Gasteiger partial charge in [-0.2, -0.15) is 13.2 Å². The Balaban J connectivity index is 1.80. The monoisotopic (exact) mass is 332 g/mol. The van der Waals surface area contributed by atoms with Crippen LogP contribution in [0.3, 0.4) is 0 Å². The van der Waals surface area contributed by atoms with Gasteiger partial charge in [-0.15, -0.1) is 0 Å². The molecule has 126 valence electrons. The van der Waals surface area contributed by atoms with Crippen LogP contribution < -0.4 is 5.32 Å². The van der Waals surface area contributed by atoms with Gasteiger partial charge < -0.3 is 10.2 Å². The summed E-state index contributed by atoms with van der Waals surface area (Å²) < 4.78 is 50.3. The third-order valence-corrected chi connectivity index (χ3v) is 3.61. The van der Waals surface area contributed by atoms with Crippen LogP contribution in [0.25, 0.3) is 0 Å². The number of rotatable bonds is 5. The zero-order valence-corrected chi connectivity index (χ0v) is 12.2. The van der Waals surface area contributed by atoms with Crippen molar-refractivity contribution in [1.82, 2.24) is 10.2 Å². The minimum atomic E-state index is -4.48. The topological polar surface area (TPSA) is 49.4 Å². The molecule has 2 amide bonds. The molecule has 1 aliphatic rings. The normalized spacial score (nSPS) is 18.3. The number of carbonyl (C=O) groups is 2. The van der Waals surface area contributed by atoms with Crippen LogP contribution in [0.5, 0.6) is 0 Å². The third kappa shape index (κ3) is 4.94. The Kier molecular flexibility index (Phi) is 5.23. The van der Waals surface area contributed by atoms with E-state index in [1.54, 1.807) is 18.2 Å². The van der Waals surface area contributed by atoms with Crippen LogP contribution in [-0.4, -0.2) is 42.5 Å². The van der Waals surface area contributed by atoms with Crippen molar-refractivity contribution < 1.29 is 27.2 Å². The Hall–Kier alpha value is -2.12. The smallest absolute Gasteiger partial charge is 0.355 e. The molecule has 1 unspecified atom stereocenters. The Morgan fingerprint density at radius 3 is 2.65 bits per heavy atom. The zero-order chi connectivity index (χ0) is 17.0. The molecule has 1 aliphatic heterocycles. The number of amides is 2. The number of benzene rings is 1. The van der Waals surface area contributed by atoms with Crippen molar-refractivity contribution in [3.8, 4) is 0 Å². The number of hydrogen-bond acceptors (Lipinski definition) is 2. The van der Waals surface area contributed by atoms with Crippen LogP contribution in [0.4, 0.5) is 17.6 Å². The molecule has 0 aromatic heterocycles. The molecule has 0 spiro atoms. The van der Waals surface area contributed by atoms with E-state index in [9.17, 15) is 27.2 Å². The van der Waals surface area contributed by atoms with Crippen LogP contribution in [0.15, 0.2) is 24.3 Å². The maximum atomic E-state index is 13.4. The van der Waals surface area contributed by atoms with Gasteiger partial charge in [-0.05, 0) is 18.1 Å². The second-order valence-electron chi connectivity index (χ2n) is 5.42. The lowest BCUT2D eigenvalue weighted by molar-refractivity contribution is -0.157. The summed E-state index contributed by atoms with van der Waals surface area (Å²) in [5.41, 5.74) is 0.439. The molecule has 1 saturated heterocycles. The average molecular weight is 332 g/mol. The summed E-state index contributed by atoms with van der Waals surface area (Å²) in [6.07, 6.45) is -4.45. The highest BCUT2D eigenvalue weighted by molar-refractivity contribution is 5.89. The highest BCUT2D eigenvalue weighted by atomic mass is 19.4. The van der Waals surface area contributed by atoms with E-state index in [0.29, 0.717) is 10.5 Å². The predicted octanol–water partition coefficient (Wildman–Crippen LogP) is 1.90. The molecule has 1 heterocycles. The molecule has 1 aromatic carbocycles. The molecule has 1 aromatic rings. The maximum Gasteiger partial charge on any atom is 0.406 e. The van der Waals surface area contributed by atoms with Crippen molar-refractivity contribution in [1.29, 1.82) is 0 Å². The fraction of sp³-hybridized carbons (Fsp3) is 0.467. The highest BCUT2D eigenvalue weighted by Gasteiger charge is 2.40. The van der Waals surface area contributed by atoms with E-state index in [0.717, 1.165) is 0 Å². The maximum absolute atomic E-state index is 13.4. The number of hydrogen-bond donors (Lipinski definition) is 1. The number of halogens is 4. The fourth-order valence-electron chi connectivity index (χ4n) is 2.48. The largest absolute Gasteiger partial charge is 0.406 e. The van der Waals surface area contributed by atoms with Gasteiger partial charge in [0.1, 0.15) is 12.4 Å². The number of likely N-dealkylation sites (tertiary alicyclic amines) is 1. The molecule has 1 fully saturated rings. The van der Waals surface area contributed by atoms with Crippen LogP contribution in [0, 0.1) is 11.7 Å². The van der Waals surface area contributed by atoms with E-state index >= 15 is 0 Å². The number of nitrogens with zero attached hydrogens (tertiary/aromatic N) is 1.